The van der Waals surface area contributed by atoms with E-state index < -0.39 is 27.8 Å². The maximum atomic E-state index is 14.8. The molecule has 1 heterocycles. The zero-order valence-electron chi connectivity index (χ0n) is 18.9. The number of piperazine rings is 1. The van der Waals surface area contributed by atoms with Gasteiger partial charge in [0.1, 0.15) is 11.6 Å². The molecule has 0 unspecified atom stereocenters. The van der Waals surface area contributed by atoms with Gasteiger partial charge in [-0.3, -0.25) is 4.31 Å². The Morgan fingerprint density at radius 1 is 1.06 bits per heavy atom. The third-order valence-electron chi connectivity index (χ3n) is 5.36. The molecule has 1 saturated heterocycles. The van der Waals surface area contributed by atoms with Gasteiger partial charge in [-0.25, -0.2) is 13.6 Å². The number of hydrogen-bond acceptors (Lipinski definition) is 5. The number of ether oxygens (including phenoxy) is 1. The number of benzene rings is 2. The van der Waals surface area contributed by atoms with E-state index in [4.69, 9.17) is 0 Å². The normalized spacial score (nSPS) is 15.6. The highest BCUT2D eigenvalue weighted by Gasteiger charge is 2.33. The van der Waals surface area contributed by atoms with E-state index in [0.717, 1.165) is 23.0 Å². The first-order valence-electron chi connectivity index (χ1n) is 10.5. The predicted octanol–water partition coefficient (Wildman–Crippen LogP) is 3.23. The zero-order valence-corrected chi connectivity index (χ0v) is 19.7. The molecule has 0 saturated carbocycles. The Labute approximate surface area is 193 Å². The van der Waals surface area contributed by atoms with E-state index in [1.54, 1.807) is 0 Å². The molecule has 3 rings (SSSR count). The minimum absolute atomic E-state index is 0.0121. The van der Waals surface area contributed by atoms with E-state index in [1.165, 1.54) is 47.7 Å². The van der Waals surface area contributed by atoms with Crippen molar-refractivity contribution in [2.75, 3.05) is 44.1 Å². The van der Waals surface area contributed by atoms with E-state index in [0.29, 0.717) is 13.1 Å². The Morgan fingerprint density at radius 2 is 1.76 bits per heavy atom. The summed E-state index contributed by atoms with van der Waals surface area (Å²) in [5.74, 6) is -0.827. The van der Waals surface area contributed by atoms with Crippen molar-refractivity contribution in [2.45, 2.75) is 20.4 Å². The fourth-order valence-electron chi connectivity index (χ4n) is 3.72. The fraction of sp³-hybridized carbons (Fsp3) is 0.391. The summed E-state index contributed by atoms with van der Waals surface area (Å²) in [7, 11) is -2.90. The molecule has 2 aromatic rings. The van der Waals surface area contributed by atoms with Gasteiger partial charge in [-0.05, 0) is 36.2 Å². The van der Waals surface area contributed by atoms with E-state index in [1.807, 2.05) is 13.8 Å². The smallest absolute Gasteiger partial charge is 0.337 e. The van der Waals surface area contributed by atoms with Crippen molar-refractivity contribution in [3.8, 4) is 0 Å². The van der Waals surface area contributed by atoms with Crippen molar-refractivity contribution >= 4 is 21.9 Å². The second-order valence-corrected chi connectivity index (χ2v) is 10.0. The van der Waals surface area contributed by atoms with Crippen LogP contribution in [0.3, 0.4) is 0 Å². The summed E-state index contributed by atoms with van der Waals surface area (Å²) in [4.78, 5) is 13.8. The first-order valence-corrected chi connectivity index (χ1v) is 11.9. The number of hydrogen-bond donors (Lipinski definition) is 0. The molecule has 1 aliphatic rings. The molecule has 7 nitrogen and oxygen atoms in total. The summed E-state index contributed by atoms with van der Waals surface area (Å²) in [6.45, 7) is 6.13. The van der Waals surface area contributed by atoms with Crippen LogP contribution in [0.2, 0.25) is 0 Å². The van der Waals surface area contributed by atoms with Crippen molar-refractivity contribution in [2.24, 2.45) is 0 Å². The molecular formula is C23H28F2N3O4S. The Balaban J connectivity index is 1.90. The maximum Gasteiger partial charge on any atom is 0.337 e. The van der Waals surface area contributed by atoms with Crippen LogP contribution in [0.5, 0.6) is 0 Å². The third kappa shape index (κ3) is 6.07. The Bertz CT molecular complexity index is 1090. The predicted molar refractivity (Wildman–Crippen MR) is 122 cm³/mol. The molecule has 0 atom stereocenters. The van der Waals surface area contributed by atoms with E-state index in [-0.39, 0.29) is 36.4 Å². The van der Waals surface area contributed by atoms with E-state index in [2.05, 4.69) is 9.64 Å². The second-order valence-electron chi connectivity index (χ2n) is 8.17. The van der Waals surface area contributed by atoms with Crippen LogP contribution in [0.25, 0.3) is 0 Å². The fourth-order valence-corrected chi connectivity index (χ4v) is 5.30. The SMILES string of the molecule is COC(=O)c1ccc(CN(c2cccc(F)c2)S(=O)(=O)N2CCN(C[C](C)C)CC2)c(F)c1. The molecule has 0 aliphatic carbocycles. The lowest BCUT2D eigenvalue weighted by atomic mass is 10.1. The molecule has 0 N–H and O–H groups in total. The average molecular weight is 481 g/mol. The van der Waals surface area contributed by atoms with E-state index >= 15 is 0 Å². The Hall–Kier alpha value is -2.56. The lowest BCUT2D eigenvalue weighted by molar-refractivity contribution is 0.0600. The third-order valence-corrected chi connectivity index (χ3v) is 7.27. The molecule has 10 heteroatoms. The summed E-state index contributed by atoms with van der Waals surface area (Å²) in [5.41, 5.74) is 0.148. The van der Waals surface area contributed by atoms with Crippen LogP contribution < -0.4 is 4.31 Å². The zero-order chi connectivity index (χ0) is 24.2. The van der Waals surface area contributed by atoms with Crippen LogP contribution in [0.15, 0.2) is 42.5 Å². The summed E-state index contributed by atoms with van der Waals surface area (Å²) >= 11 is 0. The van der Waals surface area contributed by atoms with Crippen molar-refractivity contribution in [1.29, 1.82) is 0 Å². The number of nitrogens with zero attached hydrogens (tertiary/aromatic N) is 3. The molecule has 0 spiro atoms. The highest BCUT2D eigenvalue weighted by Crippen LogP contribution is 2.26. The van der Waals surface area contributed by atoms with Gasteiger partial charge in [0.15, 0.2) is 0 Å². The first-order chi connectivity index (χ1) is 15.6. The number of carbonyl (C=O) groups excluding carboxylic acids is 1. The molecule has 0 amide bonds. The number of esters is 1. The quantitative estimate of drug-likeness (QED) is 0.543. The van der Waals surface area contributed by atoms with Crippen LogP contribution in [0.1, 0.15) is 29.8 Å². The van der Waals surface area contributed by atoms with Crippen molar-refractivity contribution in [3.05, 3.63) is 71.1 Å². The van der Waals surface area contributed by atoms with Gasteiger partial charge in [-0.1, -0.05) is 26.0 Å². The average Bonchev–Trinajstić information content (AvgIpc) is 2.77. The molecule has 33 heavy (non-hydrogen) atoms. The molecule has 2 aromatic carbocycles. The summed E-state index contributed by atoms with van der Waals surface area (Å²) in [6, 6.07) is 8.88. The van der Waals surface area contributed by atoms with Gasteiger partial charge in [0.05, 0.1) is 24.9 Å². The van der Waals surface area contributed by atoms with Gasteiger partial charge in [0, 0.05) is 38.3 Å². The summed E-state index contributed by atoms with van der Waals surface area (Å²) in [6.07, 6.45) is 0. The minimum Gasteiger partial charge on any atom is -0.465 e. The second kappa shape index (κ2) is 10.6. The standard InChI is InChI=1S/C23H28F2N3O4S/c1-17(2)15-26-9-11-27(12-10-26)33(30,31)28(21-6-4-5-20(24)14-21)16-19-8-7-18(13-22(19)25)23(29)32-3/h4-8,13-14H,9-12,15-16H2,1-3H3. The minimum atomic E-state index is -4.08. The summed E-state index contributed by atoms with van der Waals surface area (Å²) < 4.78 is 62.8. The maximum absolute atomic E-state index is 14.8. The number of carbonyl (C=O) groups is 1. The largest absolute Gasteiger partial charge is 0.465 e. The van der Waals surface area contributed by atoms with Gasteiger partial charge in [-0.2, -0.15) is 12.7 Å². The van der Waals surface area contributed by atoms with Crippen molar-refractivity contribution < 1.29 is 26.7 Å². The van der Waals surface area contributed by atoms with Gasteiger partial charge in [0.2, 0.25) is 0 Å². The van der Waals surface area contributed by atoms with E-state index in [9.17, 15) is 22.0 Å². The molecule has 179 valence electrons. The van der Waals surface area contributed by atoms with Crippen LogP contribution in [0.4, 0.5) is 14.5 Å². The van der Waals surface area contributed by atoms with Crippen molar-refractivity contribution in [3.63, 3.8) is 0 Å². The van der Waals surface area contributed by atoms with Gasteiger partial charge in [-0.15, -0.1) is 0 Å². The van der Waals surface area contributed by atoms with Gasteiger partial charge >= 0.3 is 16.2 Å². The van der Waals surface area contributed by atoms with Crippen LogP contribution in [0, 0.1) is 17.6 Å². The van der Waals surface area contributed by atoms with Crippen molar-refractivity contribution in [1.82, 2.24) is 9.21 Å². The number of halogens is 2. The summed E-state index contributed by atoms with van der Waals surface area (Å²) in [5, 5.41) is 0. The molecule has 1 aliphatic heterocycles. The Morgan fingerprint density at radius 3 is 2.33 bits per heavy atom. The molecule has 1 radical (unpaired) electrons. The van der Waals surface area contributed by atoms with Crippen LogP contribution in [-0.4, -0.2) is 63.4 Å². The molecule has 0 bridgehead atoms. The first kappa shape index (κ1) is 25.1. The van der Waals surface area contributed by atoms with Crippen LogP contribution >= 0.6 is 0 Å². The van der Waals surface area contributed by atoms with Gasteiger partial charge in [0.25, 0.3) is 0 Å². The Kier molecular flexibility index (Phi) is 8.04. The molecular weight excluding hydrogens is 452 g/mol. The number of methoxy groups -OCH3 is 1. The van der Waals surface area contributed by atoms with Crippen LogP contribution in [-0.2, 0) is 21.5 Å². The lowest BCUT2D eigenvalue weighted by Gasteiger charge is -2.37. The lowest BCUT2D eigenvalue weighted by Crippen LogP contribution is -2.53. The topological polar surface area (TPSA) is 70.2 Å². The molecule has 0 aromatic heterocycles. The number of anilines is 1. The highest BCUT2D eigenvalue weighted by molar-refractivity contribution is 7.90. The van der Waals surface area contributed by atoms with Gasteiger partial charge < -0.3 is 9.64 Å². The number of rotatable bonds is 8. The highest BCUT2D eigenvalue weighted by atomic mass is 32.2. The molecule has 1 fully saturated rings. The monoisotopic (exact) mass is 480 g/mol.